The van der Waals surface area contributed by atoms with E-state index in [1.807, 2.05) is 13.8 Å². The van der Waals surface area contributed by atoms with Gasteiger partial charge in [-0.2, -0.15) is 0 Å². The molecule has 0 aromatic heterocycles. The maximum absolute atomic E-state index is 11.8. The lowest BCUT2D eigenvalue weighted by Crippen LogP contribution is -2.52. The lowest BCUT2D eigenvalue weighted by Gasteiger charge is -2.35. The summed E-state index contributed by atoms with van der Waals surface area (Å²) in [6.45, 7) is 4.42. The van der Waals surface area contributed by atoms with Crippen molar-refractivity contribution in [3.63, 3.8) is 0 Å². The van der Waals surface area contributed by atoms with Crippen molar-refractivity contribution in [2.45, 2.75) is 57.2 Å². The molecule has 2 unspecified atom stereocenters. The molecule has 5 N–H and O–H groups in total. The molecule has 0 spiro atoms. The van der Waals surface area contributed by atoms with Gasteiger partial charge in [-0.25, -0.2) is 9.59 Å². The number of carboxylic acids is 1. The van der Waals surface area contributed by atoms with Crippen LogP contribution in [0.3, 0.4) is 0 Å². The molecule has 1 saturated heterocycles. The number of aliphatic carboxylic acids is 1. The number of carboxylic acid groups (broad SMARTS) is 1. The van der Waals surface area contributed by atoms with Gasteiger partial charge in [0.1, 0.15) is 6.04 Å². The predicted molar refractivity (Wildman–Crippen MR) is 74.6 cm³/mol. The largest absolute Gasteiger partial charge is 0.480 e. The molecule has 120 valence electrons. The lowest BCUT2D eigenvalue weighted by atomic mass is 9.94. The molecule has 3 amide bonds. The van der Waals surface area contributed by atoms with Crippen molar-refractivity contribution >= 4 is 17.9 Å². The Balaban J connectivity index is 2.46. The summed E-state index contributed by atoms with van der Waals surface area (Å²) in [5, 5.41) is 14.1. The molecule has 8 nitrogen and oxygen atoms in total. The summed E-state index contributed by atoms with van der Waals surface area (Å²) in [6.07, 6.45) is 1.20. The first-order valence-corrected chi connectivity index (χ1v) is 6.92. The fraction of sp³-hybridized carbons (Fsp3) is 0.769. The van der Waals surface area contributed by atoms with Gasteiger partial charge in [0.05, 0.1) is 5.60 Å². The molecule has 1 aliphatic heterocycles. The van der Waals surface area contributed by atoms with Gasteiger partial charge in [-0.05, 0) is 33.1 Å². The second kappa shape index (κ2) is 7.26. The van der Waals surface area contributed by atoms with E-state index in [-0.39, 0.29) is 24.5 Å². The molecular weight excluding hydrogens is 278 g/mol. The molecule has 1 heterocycles. The van der Waals surface area contributed by atoms with Crippen LogP contribution in [0.1, 0.15) is 39.5 Å². The number of ether oxygens (including phenoxy) is 1. The summed E-state index contributed by atoms with van der Waals surface area (Å²) in [5.74, 6) is -1.80. The molecule has 1 fully saturated rings. The third-order valence-electron chi connectivity index (χ3n) is 3.32. The van der Waals surface area contributed by atoms with Crippen molar-refractivity contribution < 1.29 is 24.2 Å². The average molecular weight is 301 g/mol. The van der Waals surface area contributed by atoms with Gasteiger partial charge in [0.2, 0.25) is 5.91 Å². The molecule has 21 heavy (non-hydrogen) atoms. The number of carbonyl (C=O) groups is 3. The Hall–Kier alpha value is -1.83. The molecule has 0 aromatic carbocycles. The van der Waals surface area contributed by atoms with E-state index in [1.54, 1.807) is 0 Å². The van der Waals surface area contributed by atoms with Gasteiger partial charge in [0.15, 0.2) is 0 Å². The quantitative estimate of drug-likeness (QED) is 0.547. The summed E-state index contributed by atoms with van der Waals surface area (Å²) < 4.78 is 5.54. The van der Waals surface area contributed by atoms with Gasteiger partial charge in [-0.15, -0.1) is 0 Å². The van der Waals surface area contributed by atoms with Crippen LogP contribution in [0, 0.1) is 0 Å². The summed E-state index contributed by atoms with van der Waals surface area (Å²) in [6, 6.07) is -1.76. The van der Waals surface area contributed by atoms with Crippen LogP contribution in [0.5, 0.6) is 0 Å². The number of rotatable bonds is 6. The van der Waals surface area contributed by atoms with E-state index in [0.29, 0.717) is 19.4 Å². The molecule has 2 atom stereocenters. The van der Waals surface area contributed by atoms with Gasteiger partial charge < -0.3 is 26.2 Å². The van der Waals surface area contributed by atoms with Gasteiger partial charge >= 0.3 is 12.0 Å². The minimum atomic E-state index is -1.20. The van der Waals surface area contributed by atoms with E-state index in [4.69, 9.17) is 15.6 Å². The monoisotopic (exact) mass is 301 g/mol. The number of carbonyl (C=O) groups excluding carboxylic acids is 2. The Kier molecular flexibility index (Phi) is 5.95. The number of nitrogens with one attached hydrogen (secondary N) is 2. The summed E-state index contributed by atoms with van der Waals surface area (Å²) in [7, 11) is 0. The number of amides is 3. The Morgan fingerprint density at radius 1 is 1.43 bits per heavy atom. The van der Waals surface area contributed by atoms with E-state index in [2.05, 4.69) is 10.6 Å². The number of urea groups is 1. The molecule has 0 bridgehead atoms. The molecule has 0 radical (unpaired) electrons. The zero-order chi connectivity index (χ0) is 16.0. The van der Waals surface area contributed by atoms with E-state index in [0.717, 1.165) is 0 Å². The highest BCUT2D eigenvalue weighted by Crippen LogP contribution is 2.23. The maximum atomic E-state index is 11.8. The first-order chi connectivity index (χ1) is 9.69. The molecule has 0 aromatic rings. The van der Waals surface area contributed by atoms with Crippen LogP contribution in [-0.4, -0.2) is 47.3 Å². The van der Waals surface area contributed by atoms with Crippen molar-refractivity contribution in [2.24, 2.45) is 5.73 Å². The summed E-state index contributed by atoms with van der Waals surface area (Å²) in [5.41, 5.74) is 4.67. The van der Waals surface area contributed by atoms with E-state index >= 15 is 0 Å². The number of primary amides is 1. The zero-order valence-corrected chi connectivity index (χ0v) is 12.3. The SMILES string of the molecule is CC1(C)CC(NC(=O)NC(CCC(N)=O)C(=O)O)CCO1. The van der Waals surface area contributed by atoms with Gasteiger partial charge in [-0.1, -0.05) is 0 Å². The van der Waals surface area contributed by atoms with Crippen molar-refractivity contribution in [1.82, 2.24) is 10.6 Å². The molecular formula is C13H23N3O5. The van der Waals surface area contributed by atoms with Crippen molar-refractivity contribution in [3.8, 4) is 0 Å². The second-order valence-corrected chi connectivity index (χ2v) is 5.81. The van der Waals surface area contributed by atoms with Crippen LogP contribution in [0.25, 0.3) is 0 Å². The fourth-order valence-electron chi connectivity index (χ4n) is 2.28. The predicted octanol–water partition coefficient (Wildman–Crippen LogP) is -0.0381. The van der Waals surface area contributed by atoms with E-state index in [9.17, 15) is 14.4 Å². The topological polar surface area (TPSA) is 131 Å². The third kappa shape index (κ3) is 6.44. The van der Waals surface area contributed by atoms with Crippen LogP contribution in [0.2, 0.25) is 0 Å². The highest BCUT2D eigenvalue weighted by molar-refractivity contribution is 5.83. The van der Waals surface area contributed by atoms with E-state index in [1.165, 1.54) is 0 Å². The number of hydrogen-bond donors (Lipinski definition) is 4. The van der Waals surface area contributed by atoms with Gasteiger partial charge in [0, 0.05) is 19.1 Å². The highest BCUT2D eigenvalue weighted by atomic mass is 16.5. The van der Waals surface area contributed by atoms with Crippen LogP contribution in [0.4, 0.5) is 4.79 Å². The van der Waals surface area contributed by atoms with Gasteiger partial charge in [-0.3, -0.25) is 4.79 Å². The molecule has 1 aliphatic rings. The lowest BCUT2D eigenvalue weighted by molar-refractivity contribution is -0.139. The second-order valence-electron chi connectivity index (χ2n) is 5.81. The highest BCUT2D eigenvalue weighted by Gasteiger charge is 2.30. The molecule has 1 rings (SSSR count). The van der Waals surface area contributed by atoms with Gasteiger partial charge in [0.25, 0.3) is 0 Å². The Labute approximate surface area is 123 Å². The van der Waals surface area contributed by atoms with Crippen molar-refractivity contribution in [3.05, 3.63) is 0 Å². The zero-order valence-electron chi connectivity index (χ0n) is 12.3. The average Bonchev–Trinajstić information content (AvgIpc) is 2.32. The molecule has 8 heteroatoms. The minimum Gasteiger partial charge on any atom is -0.480 e. The normalized spacial score (nSPS) is 22.1. The molecule has 0 aliphatic carbocycles. The smallest absolute Gasteiger partial charge is 0.326 e. The maximum Gasteiger partial charge on any atom is 0.326 e. The van der Waals surface area contributed by atoms with Crippen LogP contribution in [0.15, 0.2) is 0 Å². The first kappa shape index (κ1) is 17.2. The minimum absolute atomic E-state index is 0.0304. The van der Waals surface area contributed by atoms with Crippen LogP contribution in [-0.2, 0) is 14.3 Å². The van der Waals surface area contributed by atoms with Crippen molar-refractivity contribution in [2.75, 3.05) is 6.61 Å². The van der Waals surface area contributed by atoms with Crippen LogP contribution < -0.4 is 16.4 Å². The van der Waals surface area contributed by atoms with E-state index < -0.39 is 23.9 Å². The standard InChI is InChI=1S/C13H23N3O5/c1-13(2)7-8(5-6-21-13)15-12(20)16-9(11(18)19)3-4-10(14)17/h8-9H,3-7H2,1-2H3,(H2,14,17)(H,18,19)(H2,15,16,20). The summed E-state index contributed by atoms with van der Waals surface area (Å²) >= 11 is 0. The van der Waals surface area contributed by atoms with Crippen molar-refractivity contribution in [1.29, 1.82) is 0 Å². The fourth-order valence-corrected chi connectivity index (χ4v) is 2.28. The third-order valence-corrected chi connectivity index (χ3v) is 3.32. The molecule has 0 saturated carbocycles. The Morgan fingerprint density at radius 2 is 2.10 bits per heavy atom. The first-order valence-electron chi connectivity index (χ1n) is 6.92. The Bertz CT molecular complexity index is 411. The number of hydrogen-bond acceptors (Lipinski definition) is 4. The number of nitrogens with two attached hydrogens (primary N) is 1. The van der Waals surface area contributed by atoms with Crippen LogP contribution >= 0.6 is 0 Å². The summed E-state index contributed by atoms with van der Waals surface area (Å²) in [4.78, 5) is 33.6. The Morgan fingerprint density at radius 3 is 2.62 bits per heavy atom.